The zero-order valence-corrected chi connectivity index (χ0v) is 22.0. The smallest absolute Gasteiger partial charge is 0.254 e. The summed E-state index contributed by atoms with van der Waals surface area (Å²) in [5, 5.41) is 0. The molecule has 0 radical (unpaired) electrons. The molecule has 4 rings (SSSR count). The van der Waals surface area contributed by atoms with E-state index >= 15 is 0 Å². The van der Waals surface area contributed by atoms with Gasteiger partial charge >= 0.3 is 0 Å². The number of benzene rings is 2. The molecule has 0 bridgehead atoms. The van der Waals surface area contributed by atoms with Crippen LogP contribution in [0.25, 0.3) is 0 Å². The zero-order chi connectivity index (χ0) is 25.9. The lowest BCUT2D eigenvalue weighted by Gasteiger charge is -2.38. The number of amides is 1. The molecular formula is C26H30N2O6S2. The van der Waals surface area contributed by atoms with Crippen molar-refractivity contribution < 1.29 is 26.0 Å². The first-order valence-electron chi connectivity index (χ1n) is 11.7. The van der Waals surface area contributed by atoms with E-state index in [0.29, 0.717) is 42.4 Å². The van der Waals surface area contributed by atoms with E-state index in [9.17, 15) is 21.6 Å². The average Bonchev–Trinajstić information content (AvgIpc) is 3.35. The third-order valence-electron chi connectivity index (χ3n) is 6.46. The first-order chi connectivity index (χ1) is 17.0. The summed E-state index contributed by atoms with van der Waals surface area (Å²) in [5.74, 6) is 0.480. The minimum atomic E-state index is -3.35. The Labute approximate surface area is 212 Å². The van der Waals surface area contributed by atoms with E-state index < -0.39 is 19.7 Å². The van der Waals surface area contributed by atoms with E-state index in [1.807, 2.05) is 18.2 Å². The van der Waals surface area contributed by atoms with Crippen LogP contribution in [-0.2, 0) is 32.8 Å². The van der Waals surface area contributed by atoms with Gasteiger partial charge in [0.1, 0.15) is 5.76 Å². The van der Waals surface area contributed by atoms with Gasteiger partial charge < -0.3 is 9.32 Å². The Balaban J connectivity index is 1.49. The lowest BCUT2D eigenvalue weighted by atomic mass is 10.0. The standard InChI is InChI=1S/C26H30N2O6S2/c1-35(30,31)24-11-9-20(10-12-24)26(29)28(19-23-7-5-17-34-23)22-13-15-27(16-14-22)18-21-6-3-4-8-25(21)36(2,32)33/h3-12,17,22H,13-16,18-19H2,1-2H3. The summed E-state index contributed by atoms with van der Waals surface area (Å²) >= 11 is 0. The van der Waals surface area contributed by atoms with Gasteiger partial charge in [-0.25, -0.2) is 16.8 Å². The van der Waals surface area contributed by atoms with Crippen molar-refractivity contribution in [3.8, 4) is 0 Å². The maximum absolute atomic E-state index is 13.5. The fourth-order valence-electron chi connectivity index (χ4n) is 4.57. The van der Waals surface area contributed by atoms with Gasteiger partial charge in [0, 0.05) is 43.8 Å². The molecule has 0 N–H and O–H groups in total. The Bertz CT molecular complexity index is 1410. The van der Waals surface area contributed by atoms with Gasteiger partial charge in [-0.05, 0) is 60.9 Å². The zero-order valence-electron chi connectivity index (χ0n) is 20.3. The number of piperidine rings is 1. The van der Waals surface area contributed by atoms with Crippen LogP contribution in [0.1, 0.15) is 34.5 Å². The molecule has 1 fully saturated rings. The number of sulfone groups is 2. The van der Waals surface area contributed by atoms with Crippen LogP contribution in [0.5, 0.6) is 0 Å². The van der Waals surface area contributed by atoms with Crippen molar-refractivity contribution in [2.75, 3.05) is 25.6 Å². The van der Waals surface area contributed by atoms with Gasteiger partial charge in [-0.15, -0.1) is 0 Å². The Morgan fingerprint density at radius 3 is 2.17 bits per heavy atom. The van der Waals surface area contributed by atoms with Crippen LogP contribution in [-0.4, -0.2) is 64.2 Å². The second-order valence-electron chi connectivity index (χ2n) is 9.20. The summed E-state index contributed by atoms with van der Waals surface area (Å²) in [5.41, 5.74) is 1.19. The summed E-state index contributed by atoms with van der Waals surface area (Å²) in [6, 6.07) is 16.6. The molecule has 1 amide bonds. The Morgan fingerprint density at radius 1 is 0.917 bits per heavy atom. The number of hydrogen-bond acceptors (Lipinski definition) is 7. The summed E-state index contributed by atoms with van der Waals surface area (Å²) in [6.45, 7) is 2.24. The predicted molar refractivity (Wildman–Crippen MR) is 136 cm³/mol. The first-order valence-corrected chi connectivity index (χ1v) is 15.4. The molecular weight excluding hydrogens is 500 g/mol. The molecule has 192 valence electrons. The largest absolute Gasteiger partial charge is 0.467 e. The van der Waals surface area contributed by atoms with E-state index in [2.05, 4.69) is 4.90 Å². The van der Waals surface area contributed by atoms with Gasteiger partial charge in [0.2, 0.25) is 0 Å². The quantitative estimate of drug-likeness (QED) is 0.440. The number of nitrogens with zero attached hydrogens (tertiary/aromatic N) is 2. The second-order valence-corrected chi connectivity index (χ2v) is 13.2. The van der Waals surface area contributed by atoms with Gasteiger partial charge in [-0.1, -0.05) is 18.2 Å². The molecule has 1 saturated heterocycles. The van der Waals surface area contributed by atoms with Crippen molar-refractivity contribution in [1.29, 1.82) is 0 Å². The summed E-state index contributed by atoms with van der Waals surface area (Å²) < 4.78 is 53.4. The van der Waals surface area contributed by atoms with Crippen LogP contribution in [0, 0.1) is 0 Å². The minimum absolute atomic E-state index is 0.0430. The molecule has 0 atom stereocenters. The third kappa shape index (κ3) is 6.24. The maximum atomic E-state index is 13.5. The fourth-order valence-corrected chi connectivity index (χ4v) is 6.14. The molecule has 1 aliphatic rings. The van der Waals surface area contributed by atoms with E-state index in [1.165, 1.54) is 18.4 Å². The van der Waals surface area contributed by atoms with Crippen molar-refractivity contribution in [3.63, 3.8) is 0 Å². The molecule has 10 heteroatoms. The monoisotopic (exact) mass is 530 g/mol. The predicted octanol–water partition coefficient (Wildman–Crippen LogP) is 3.39. The molecule has 2 heterocycles. The highest BCUT2D eigenvalue weighted by atomic mass is 32.2. The maximum Gasteiger partial charge on any atom is 0.254 e. The normalized spacial score (nSPS) is 15.6. The Morgan fingerprint density at radius 2 is 1.58 bits per heavy atom. The third-order valence-corrected chi connectivity index (χ3v) is 8.79. The average molecular weight is 531 g/mol. The van der Waals surface area contributed by atoms with Crippen molar-refractivity contribution in [2.24, 2.45) is 0 Å². The van der Waals surface area contributed by atoms with Gasteiger partial charge in [-0.3, -0.25) is 9.69 Å². The molecule has 0 saturated carbocycles. The Kier molecular flexibility index (Phi) is 7.67. The van der Waals surface area contributed by atoms with Gasteiger partial charge in [0.15, 0.2) is 19.7 Å². The molecule has 36 heavy (non-hydrogen) atoms. The molecule has 2 aromatic carbocycles. The topological polar surface area (TPSA) is 105 Å². The molecule has 0 aliphatic carbocycles. The molecule has 3 aromatic rings. The lowest BCUT2D eigenvalue weighted by Crippen LogP contribution is -2.46. The van der Waals surface area contributed by atoms with Crippen LogP contribution in [0.2, 0.25) is 0 Å². The SMILES string of the molecule is CS(=O)(=O)c1ccc(C(=O)N(Cc2ccco2)C2CCN(Cc3ccccc3S(C)(=O)=O)CC2)cc1. The summed E-state index contributed by atoms with van der Waals surface area (Å²) in [4.78, 5) is 18.0. The number of carbonyl (C=O) groups is 1. The lowest BCUT2D eigenvalue weighted by molar-refractivity contribution is 0.0522. The van der Waals surface area contributed by atoms with Gasteiger partial charge in [0.05, 0.1) is 22.6 Å². The summed E-state index contributed by atoms with van der Waals surface area (Å²) in [7, 11) is -6.67. The number of furan rings is 1. The molecule has 1 aliphatic heterocycles. The van der Waals surface area contributed by atoms with E-state index in [4.69, 9.17) is 4.42 Å². The van der Waals surface area contributed by atoms with Crippen molar-refractivity contribution in [1.82, 2.24) is 9.80 Å². The molecule has 0 spiro atoms. The van der Waals surface area contributed by atoms with Gasteiger partial charge in [-0.2, -0.15) is 0 Å². The van der Waals surface area contributed by atoms with Crippen LogP contribution < -0.4 is 0 Å². The number of rotatable bonds is 8. The van der Waals surface area contributed by atoms with E-state index in [-0.39, 0.29) is 16.8 Å². The first kappa shape index (κ1) is 26.1. The molecule has 1 aromatic heterocycles. The van der Waals surface area contributed by atoms with Crippen LogP contribution in [0.15, 0.2) is 81.1 Å². The number of carbonyl (C=O) groups excluding carboxylic acids is 1. The highest BCUT2D eigenvalue weighted by Gasteiger charge is 2.30. The van der Waals surface area contributed by atoms with Crippen LogP contribution in [0.3, 0.4) is 0 Å². The molecule has 8 nitrogen and oxygen atoms in total. The minimum Gasteiger partial charge on any atom is -0.467 e. The van der Waals surface area contributed by atoms with E-state index in [0.717, 1.165) is 24.7 Å². The highest BCUT2D eigenvalue weighted by Crippen LogP contribution is 2.25. The number of hydrogen-bond donors (Lipinski definition) is 0. The second kappa shape index (κ2) is 10.6. The van der Waals surface area contributed by atoms with Crippen LogP contribution >= 0.6 is 0 Å². The molecule has 0 unspecified atom stereocenters. The number of likely N-dealkylation sites (tertiary alicyclic amines) is 1. The summed E-state index contributed by atoms with van der Waals surface area (Å²) in [6.07, 6.45) is 5.36. The fraction of sp³-hybridized carbons (Fsp3) is 0.346. The van der Waals surface area contributed by atoms with Gasteiger partial charge in [0.25, 0.3) is 5.91 Å². The van der Waals surface area contributed by atoms with E-state index in [1.54, 1.807) is 41.5 Å². The Hall–Kier alpha value is -2.95. The van der Waals surface area contributed by atoms with Crippen molar-refractivity contribution in [3.05, 3.63) is 83.8 Å². The van der Waals surface area contributed by atoms with Crippen molar-refractivity contribution >= 4 is 25.6 Å². The highest BCUT2D eigenvalue weighted by molar-refractivity contribution is 7.91. The van der Waals surface area contributed by atoms with Crippen molar-refractivity contribution in [2.45, 2.75) is 41.8 Å². The van der Waals surface area contributed by atoms with Crippen LogP contribution in [0.4, 0.5) is 0 Å².